The Labute approximate surface area is 163 Å². The summed E-state index contributed by atoms with van der Waals surface area (Å²) in [4.78, 5) is 14.3. The van der Waals surface area contributed by atoms with Gasteiger partial charge in [0.2, 0.25) is 5.91 Å². The van der Waals surface area contributed by atoms with Crippen molar-refractivity contribution < 1.29 is 4.79 Å². The molecule has 2 rings (SSSR count). The quantitative estimate of drug-likeness (QED) is 0.884. The fraction of sp³-hybridized carbons (Fsp3) is 0.500. The van der Waals surface area contributed by atoms with E-state index in [4.69, 9.17) is 10.8 Å². The number of hydrogen-bond acceptors (Lipinski definition) is 3. The lowest BCUT2D eigenvalue weighted by Gasteiger charge is -2.30. The molecule has 26 heavy (non-hydrogen) atoms. The van der Waals surface area contributed by atoms with Gasteiger partial charge >= 0.3 is 0 Å². The van der Waals surface area contributed by atoms with Crippen molar-refractivity contribution in [3.63, 3.8) is 0 Å². The van der Waals surface area contributed by atoms with Crippen LogP contribution in [0.3, 0.4) is 0 Å². The van der Waals surface area contributed by atoms with Crippen LogP contribution in [0.15, 0.2) is 24.3 Å². The Hall–Kier alpha value is -1.85. The van der Waals surface area contributed by atoms with E-state index in [2.05, 4.69) is 19.1 Å². The van der Waals surface area contributed by atoms with Gasteiger partial charge in [-0.1, -0.05) is 39.0 Å². The Bertz CT molecular complexity index is 777. The largest absolute Gasteiger partial charge is 0.340 e. The highest BCUT2D eigenvalue weighted by atomic mass is 35.5. The summed E-state index contributed by atoms with van der Waals surface area (Å²) in [7, 11) is 1.80. The molecule has 0 saturated heterocycles. The highest BCUT2D eigenvalue weighted by Gasteiger charge is 2.30. The van der Waals surface area contributed by atoms with Crippen molar-refractivity contribution in [3.05, 3.63) is 46.8 Å². The van der Waals surface area contributed by atoms with Crippen LogP contribution >= 0.6 is 12.4 Å². The van der Waals surface area contributed by atoms with Gasteiger partial charge in [0, 0.05) is 24.8 Å². The van der Waals surface area contributed by atoms with Crippen molar-refractivity contribution in [2.45, 2.75) is 54.1 Å². The third-order valence-corrected chi connectivity index (χ3v) is 4.76. The minimum atomic E-state index is -0.524. The molecule has 0 unspecified atom stereocenters. The van der Waals surface area contributed by atoms with E-state index in [1.54, 1.807) is 11.9 Å². The van der Waals surface area contributed by atoms with Crippen molar-refractivity contribution in [2.75, 3.05) is 7.05 Å². The smallest absolute Gasteiger partial charge is 0.240 e. The zero-order valence-electron chi connectivity index (χ0n) is 16.8. The number of nitrogens with two attached hydrogens (primary N) is 1. The lowest BCUT2D eigenvalue weighted by Crippen LogP contribution is -2.49. The van der Waals surface area contributed by atoms with Gasteiger partial charge in [0.1, 0.15) is 0 Å². The molecule has 0 fully saturated rings. The predicted molar refractivity (Wildman–Crippen MR) is 109 cm³/mol. The topological polar surface area (TPSA) is 64.2 Å². The Morgan fingerprint density at radius 1 is 1.23 bits per heavy atom. The van der Waals surface area contributed by atoms with Crippen LogP contribution in [0.5, 0.6) is 0 Å². The number of halogens is 1. The fourth-order valence-corrected chi connectivity index (χ4v) is 2.86. The molecular weight excluding hydrogens is 348 g/mol. The van der Waals surface area contributed by atoms with Crippen molar-refractivity contribution in [3.8, 4) is 5.69 Å². The zero-order chi connectivity index (χ0) is 18.9. The van der Waals surface area contributed by atoms with Gasteiger partial charge in [-0.15, -0.1) is 12.4 Å². The molecule has 5 nitrogen and oxygen atoms in total. The molecule has 6 heteroatoms. The van der Waals surface area contributed by atoms with E-state index >= 15 is 0 Å². The van der Waals surface area contributed by atoms with E-state index in [0.717, 1.165) is 22.6 Å². The molecule has 1 aromatic carbocycles. The van der Waals surface area contributed by atoms with E-state index < -0.39 is 6.04 Å². The van der Waals surface area contributed by atoms with E-state index in [0.29, 0.717) is 6.54 Å². The molecule has 1 atom stereocenters. The lowest BCUT2D eigenvalue weighted by molar-refractivity contribution is -0.134. The predicted octanol–water partition coefficient (Wildman–Crippen LogP) is 3.55. The number of carbonyl (C=O) groups excluding carboxylic acids is 1. The molecule has 0 aliphatic carbocycles. The molecule has 0 spiro atoms. The van der Waals surface area contributed by atoms with Gasteiger partial charge < -0.3 is 10.6 Å². The maximum absolute atomic E-state index is 12.6. The number of hydrogen-bond donors (Lipinski definition) is 1. The summed E-state index contributed by atoms with van der Waals surface area (Å²) in [5.41, 5.74) is 11.2. The van der Waals surface area contributed by atoms with Gasteiger partial charge in [0.05, 0.1) is 17.4 Å². The monoisotopic (exact) mass is 378 g/mol. The summed E-state index contributed by atoms with van der Waals surface area (Å²) in [6.45, 7) is 12.6. The van der Waals surface area contributed by atoms with E-state index in [1.807, 2.05) is 51.4 Å². The molecule has 0 radical (unpaired) electrons. The summed E-state index contributed by atoms with van der Waals surface area (Å²) in [6.07, 6.45) is 0. The first-order valence-electron chi connectivity index (χ1n) is 8.65. The molecule has 1 heterocycles. The third-order valence-electron chi connectivity index (χ3n) is 4.76. The van der Waals surface area contributed by atoms with Crippen molar-refractivity contribution >= 4 is 18.3 Å². The molecule has 1 aromatic heterocycles. The summed E-state index contributed by atoms with van der Waals surface area (Å²) >= 11 is 0. The fourth-order valence-electron chi connectivity index (χ4n) is 2.86. The number of likely N-dealkylation sites (N-methyl/N-ethyl adjacent to an activating group) is 1. The number of aryl methyl sites for hydroxylation is 2. The summed E-state index contributed by atoms with van der Waals surface area (Å²) < 4.78 is 1.96. The van der Waals surface area contributed by atoms with Crippen LogP contribution in [0, 0.1) is 26.2 Å². The van der Waals surface area contributed by atoms with Crippen molar-refractivity contribution in [1.82, 2.24) is 14.7 Å². The van der Waals surface area contributed by atoms with Gasteiger partial charge in [0.25, 0.3) is 0 Å². The zero-order valence-corrected chi connectivity index (χ0v) is 17.6. The first-order valence-corrected chi connectivity index (χ1v) is 8.65. The van der Waals surface area contributed by atoms with Crippen LogP contribution in [0.25, 0.3) is 5.69 Å². The number of nitrogens with zero attached hydrogens (tertiary/aromatic N) is 3. The van der Waals surface area contributed by atoms with E-state index in [9.17, 15) is 4.79 Å². The summed E-state index contributed by atoms with van der Waals surface area (Å²) in [5.74, 6) is -0.0464. The Morgan fingerprint density at radius 2 is 1.81 bits per heavy atom. The van der Waals surface area contributed by atoms with Crippen LogP contribution in [0.4, 0.5) is 0 Å². The number of para-hydroxylation sites is 1. The third kappa shape index (κ3) is 4.46. The number of aromatic nitrogens is 2. The summed E-state index contributed by atoms with van der Waals surface area (Å²) in [5, 5.41) is 4.69. The molecule has 0 aliphatic rings. The highest BCUT2D eigenvalue weighted by molar-refractivity contribution is 5.85. The number of carbonyl (C=O) groups is 1. The van der Waals surface area contributed by atoms with Crippen LogP contribution in [-0.2, 0) is 11.3 Å². The lowest BCUT2D eigenvalue weighted by atomic mass is 9.86. The Kier molecular flexibility index (Phi) is 7.02. The highest BCUT2D eigenvalue weighted by Crippen LogP contribution is 2.23. The second kappa shape index (κ2) is 8.23. The Morgan fingerprint density at radius 3 is 2.35 bits per heavy atom. The van der Waals surface area contributed by atoms with E-state index in [1.165, 1.54) is 5.56 Å². The van der Waals surface area contributed by atoms with Gasteiger partial charge in [0.15, 0.2) is 0 Å². The molecule has 2 N–H and O–H groups in total. The van der Waals surface area contributed by atoms with Crippen LogP contribution in [-0.4, -0.2) is 33.7 Å². The minimum Gasteiger partial charge on any atom is -0.340 e. The minimum absolute atomic E-state index is 0. The van der Waals surface area contributed by atoms with Crippen molar-refractivity contribution in [2.24, 2.45) is 11.1 Å². The summed E-state index contributed by atoms with van der Waals surface area (Å²) in [6, 6.07) is 7.64. The van der Waals surface area contributed by atoms with Crippen LogP contribution < -0.4 is 5.73 Å². The van der Waals surface area contributed by atoms with Gasteiger partial charge in [-0.2, -0.15) is 5.10 Å². The second-order valence-electron chi connectivity index (χ2n) is 7.89. The second-order valence-corrected chi connectivity index (χ2v) is 7.89. The number of rotatable bonds is 4. The van der Waals surface area contributed by atoms with E-state index in [-0.39, 0.29) is 23.7 Å². The first-order chi connectivity index (χ1) is 11.5. The van der Waals surface area contributed by atoms with Crippen LogP contribution in [0.1, 0.15) is 43.3 Å². The molecule has 2 aromatic rings. The number of amides is 1. The van der Waals surface area contributed by atoms with Crippen molar-refractivity contribution in [1.29, 1.82) is 0 Å². The molecular formula is C20H31ClN4O. The Balaban J connectivity index is 0.00000338. The normalized spacial score (nSPS) is 12.5. The average Bonchev–Trinajstić information content (AvgIpc) is 2.81. The molecule has 1 amide bonds. The standard InChI is InChI=1S/C20H30N4O.ClH/c1-13-10-8-9-11-17(13)24-15(3)16(14(2)22-24)12-23(7)19(25)18(21)20(4,5)6;/h8-11,18H,12,21H2,1-7H3;1H/t18-;/m1./s1. The molecule has 0 bridgehead atoms. The average molecular weight is 379 g/mol. The first kappa shape index (κ1) is 22.2. The molecule has 0 saturated carbocycles. The molecule has 0 aliphatic heterocycles. The van der Waals surface area contributed by atoms with Gasteiger partial charge in [-0.25, -0.2) is 4.68 Å². The maximum Gasteiger partial charge on any atom is 0.240 e. The van der Waals surface area contributed by atoms with Gasteiger partial charge in [-0.05, 0) is 37.8 Å². The van der Waals surface area contributed by atoms with Gasteiger partial charge in [-0.3, -0.25) is 4.79 Å². The SMILES string of the molecule is Cc1ccccc1-n1nc(C)c(CN(C)C(=O)[C@@H](N)C(C)(C)C)c1C.Cl. The maximum atomic E-state index is 12.6. The molecule has 144 valence electrons. The number of benzene rings is 1. The van der Waals surface area contributed by atoms with Crippen LogP contribution in [0.2, 0.25) is 0 Å².